The summed E-state index contributed by atoms with van der Waals surface area (Å²) in [5.74, 6) is 0.294. The van der Waals surface area contributed by atoms with Crippen molar-refractivity contribution in [3.8, 4) is 23.0 Å². The summed E-state index contributed by atoms with van der Waals surface area (Å²) in [5, 5.41) is 9.95. The number of nitrogens with zero attached hydrogens (tertiary/aromatic N) is 1. The van der Waals surface area contributed by atoms with Gasteiger partial charge in [-0.3, -0.25) is 4.79 Å². The lowest BCUT2D eigenvalue weighted by Gasteiger charge is -2.09. The Balaban J connectivity index is 2.73. The predicted molar refractivity (Wildman–Crippen MR) is 76.2 cm³/mol. The van der Waals surface area contributed by atoms with Crippen LogP contribution in [0.5, 0.6) is 11.6 Å². The molecule has 0 amide bonds. The Labute approximate surface area is 121 Å². The summed E-state index contributed by atoms with van der Waals surface area (Å²) in [6.07, 6.45) is 0. The standard InChI is InChI=1S/C11H8ClIN2O3/c1-18-6-4-2-3-5(12)7(6)9-14-10(16)8(13)11(17)15-9/h2-4H,1H3,(H2,14,15,16,17). The fourth-order valence-electron chi connectivity index (χ4n) is 1.47. The van der Waals surface area contributed by atoms with Crippen molar-refractivity contribution in [2.24, 2.45) is 0 Å². The molecule has 2 rings (SSSR count). The van der Waals surface area contributed by atoms with Crippen LogP contribution in [0.2, 0.25) is 5.02 Å². The molecule has 7 heteroatoms. The van der Waals surface area contributed by atoms with Gasteiger partial charge in [-0.2, -0.15) is 4.98 Å². The lowest BCUT2D eigenvalue weighted by atomic mass is 10.2. The van der Waals surface area contributed by atoms with Crippen molar-refractivity contribution in [1.29, 1.82) is 0 Å². The summed E-state index contributed by atoms with van der Waals surface area (Å²) in [4.78, 5) is 18.0. The molecule has 0 unspecified atom stereocenters. The fourth-order valence-corrected chi connectivity index (χ4v) is 1.98. The number of halogens is 2. The average Bonchev–Trinajstić information content (AvgIpc) is 2.35. The molecular formula is C11H8ClIN2O3. The van der Waals surface area contributed by atoms with Gasteiger partial charge in [0.05, 0.1) is 17.7 Å². The number of hydrogen-bond acceptors (Lipinski definition) is 4. The molecule has 0 saturated heterocycles. The third-order valence-corrected chi connectivity index (χ3v) is 3.56. The normalized spacial score (nSPS) is 10.4. The van der Waals surface area contributed by atoms with Crippen LogP contribution < -0.4 is 10.3 Å². The topological polar surface area (TPSA) is 75.2 Å². The van der Waals surface area contributed by atoms with Crippen LogP contribution in [0.1, 0.15) is 0 Å². The minimum atomic E-state index is -0.430. The highest BCUT2D eigenvalue weighted by atomic mass is 127. The van der Waals surface area contributed by atoms with Gasteiger partial charge in [0.25, 0.3) is 5.56 Å². The summed E-state index contributed by atoms with van der Waals surface area (Å²) in [6.45, 7) is 0. The first-order chi connectivity index (χ1) is 8.54. The Morgan fingerprint density at radius 1 is 1.50 bits per heavy atom. The molecule has 0 atom stereocenters. The molecule has 1 heterocycles. The van der Waals surface area contributed by atoms with Gasteiger partial charge in [0.2, 0.25) is 5.88 Å². The molecule has 2 aromatic rings. The highest BCUT2D eigenvalue weighted by molar-refractivity contribution is 14.1. The van der Waals surface area contributed by atoms with Gasteiger partial charge in [-0.05, 0) is 34.7 Å². The van der Waals surface area contributed by atoms with E-state index in [1.54, 1.807) is 40.8 Å². The molecule has 0 spiro atoms. The van der Waals surface area contributed by atoms with Crippen LogP contribution in [0.15, 0.2) is 23.0 Å². The Kier molecular flexibility index (Phi) is 3.76. The summed E-state index contributed by atoms with van der Waals surface area (Å²) < 4.78 is 5.29. The average molecular weight is 379 g/mol. The monoisotopic (exact) mass is 378 g/mol. The van der Waals surface area contributed by atoms with Crippen LogP contribution >= 0.6 is 34.2 Å². The number of benzene rings is 1. The summed E-state index contributed by atoms with van der Waals surface area (Å²) in [5.41, 5.74) is 0.00513. The molecule has 5 nitrogen and oxygen atoms in total. The van der Waals surface area contributed by atoms with Crippen LogP contribution in [0.25, 0.3) is 11.4 Å². The molecule has 1 aromatic heterocycles. The number of aromatic nitrogens is 2. The lowest BCUT2D eigenvalue weighted by molar-refractivity contribution is 0.415. The minimum Gasteiger partial charge on any atom is -0.496 e. The summed E-state index contributed by atoms with van der Waals surface area (Å²) in [7, 11) is 1.49. The Morgan fingerprint density at radius 2 is 2.22 bits per heavy atom. The maximum Gasteiger partial charge on any atom is 0.268 e. The molecule has 0 aliphatic rings. The zero-order chi connectivity index (χ0) is 13.3. The third kappa shape index (κ3) is 2.30. The van der Waals surface area contributed by atoms with Crippen LogP contribution in [0.4, 0.5) is 0 Å². The van der Waals surface area contributed by atoms with Crippen LogP contribution in [-0.4, -0.2) is 22.2 Å². The number of H-pyrrole nitrogens is 1. The van der Waals surface area contributed by atoms with Crippen molar-refractivity contribution in [1.82, 2.24) is 9.97 Å². The molecule has 94 valence electrons. The van der Waals surface area contributed by atoms with Gasteiger partial charge in [0.15, 0.2) is 0 Å². The van der Waals surface area contributed by atoms with Gasteiger partial charge in [0, 0.05) is 0 Å². The number of rotatable bonds is 2. The predicted octanol–water partition coefficient (Wildman–Crippen LogP) is 2.41. The molecular weight excluding hydrogens is 370 g/mol. The van der Waals surface area contributed by atoms with Gasteiger partial charge in [-0.1, -0.05) is 17.7 Å². The SMILES string of the molecule is COc1cccc(Cl)c1-c1nc(O)c(I)c(=O)[nH]1. The molecule has 0 fully saturated rings. The quantitative estimate of drug-likeness (QED) is 0.787. The number of ether oxygens (including phenoxy) is 1. The summed E-state index contributed by atoms with van der Waals surface area (Å²) in [6, 6.07) is 5.06. The maximum absolute atomic E-state index is 11.6. The highest BCUT2D eigenvalue weighted by Gasteiger charge is 2.15. The molecule has 2 N–H and O–H groups in total. The molecule has 0 saturated carbocycles. The minimum absolute atomic E-state index is 0.127. The third-order valence-electron chi connectivity index (χ3n) is 2.28. The van der Waals surface area contributed by atoms with Gasteiger partial charge in [0.1, 0.15) is 15.1 Å². The first-order valence-corrected chi connectivity index (χ1v) is 6.32. The second kappa shape index (κ2) is 5.15. The smallest absolute Gasteiger partial charge is 0.268 e. The van der Waals surface area contributed by atoms with Gasteiger partial charge >= 0.3 is 0 Å². The summed E-state index contributed by atoms with van der Waals surface area (Å²) >= 11 is 7.77. The maximum atomic E-state index is 11.6. The van der Waals surface area contributed by atoms with Crippen molar-refractivity contribution >= 4 is 34.2 Å². The number of methoxy groups -OCH3 is 1. The van der Waals surface area contributed by atoms with Crippen molar-refractivity contribution in [2.75, 3.05) is 7.11 Å². The van der Waals surface area contributed by atoms with Crippen LogP contribution in [-0.2, 0) is 0 Å². The Hall–Kier alpha value is -1.28. The molecule has 0 radical (unpaired) electrons. The van der Waals surface area contributed by atoms with Crippen molar-refractivity contribution < 1.29 is 9.84 Å². The number of nitrogens with one attached hydrogen (secondary N) is 1. The van der Waals surface area contributed by atoms with Gasteiger partial charge in [-0.25, -0.2) is 0 Å². The van der Waals surface area contributed by atoms with Crippen molar-refractivity contribution in [3.05, 3.63) is 37.1 Å². The Morgan fingerprint density at radius 3 is 2.83 bits per heavy atom. The second-order valence-electron chi connectivity index (χ2n) is 3.37. The van der Waals surface area contributed by atoms with E-state index in [1.165, 1.54) is 7.11 Å². The largest absolute Gasteiger partial charge is 0.496 e. The molecule has 0 aliphatic heterocycles. The Bertz CT molecular complexity index is 657. The van der Waals surface area contributed by atoms with E-state index in [9.17, 15) is 9.90 Å². The van der Waals surface area contributed by atoms with E-state index in [-0.39, 0.29) is 15.3 Å². The van der Waals surface area contributed by atoms with Gasteiger partial charge in [-0.15, -0.1) is 0 Å². The van der Waals surface area contributed by atoms with E-state index in [4.69, 9.17) is 16.3 Å². The van der Waals surface area contributed by atoms with E-state index in [0.29, 0.717) is 16.3 Å². The van der Waals surface area contributed by atoms with E-state index in [0.717, 1.165) is 0 Å². The lowest BCUT2D eigenvalue weighted by Crippen LogP contribution is -2.12. The zero-order valence-electron chi connectivity index (χ0n) is 9.20. The number of aromatic hydroxyl groups is 1. The second-order valence-corrected chi connectivity index (χ2v) is 4.86. The number of hydrogen-bond donors (Lipinski definition) is 2. The molecule has 1 aromatic carbocycles. The molecule has 0 aliphatic carbocycles. The van der Waals surface area contributed by atoms with Crippen LogP contribution in [0.3, 0.4) is 0 Å². The van der Waals surface area contributed by atoms with E-state index < -0.39 is 5.56 Å². The number of aromatic amines is 1. The first-order valence-electron chi connectivity index (χ1n) is 4.86. The van der Waals surface area contributed by atoms with E-state index >= 15 is 0 Å². The van der Waals surface area contributed by atoms with Gasteiger partial charge < -0.3 is 14.8 Å². The zero-order valence-corrected chi connectivity index (χ0v) is 12.1. The molecule has 18 heavy (non-hydrogen) atoms. The van der Waals surface area contributed by atoms with Crippen molar-refractivity contribution in [3.63, 3.8) is 0 Å². The fraction of sp³-hybridized carbons (Fsp3) is 0.0909. The van der Waals surface area contributed by atoms with Crippen molar-refractivity contribution in [2.45, 2.75) is 0 Å². The van der Waals surface area contributed by atoms with Crippen LogP contribution in [0, 0.1) is 3.57 Å². The van der Waals surface area contributed by atoms with E-state index in [1.807, 2.05) is 0 Å². The molecule has 0 bridgehead atoms. The first kappa shape index (κ1) is 13.2. The highest BCUT2D eigenvalue weighted by Crippen LogP contribution is 2.34. The van der Waals surface area contributed by atoms with E-state index in [2.05, 4.69) is 9.97 Å².